The van der Waals surface area contributed by atoms with Crippen molar-refractivity contribution in [3.05, 3.63) is 24.3 Å². The van der Waals surface area contributed by atoms with Crippen LogP contribution in [0.1, 0.15) is 278 Å². The van der Waals surface area contributed by atoms with Crippen LogP contribution in [0.3, 0.4) is 0 Å². The lowest BCUT2D eigenvalue weighted by Gasteiger charge is -2.30. The maximum Gasteiger partial charge on any atom is 0.306 e. The third-order valence-corrected chi connectivity index (χ3v) is 13.8. The summed E-state index contributed by atoms with van der Waals surface area (Å²) in [5.74, 6) is -0.536. The smallest absolute Gasteiger partial charge is 0.306 e. The highest BCUT2D eigenvalue weighted by atomic mass is 31.2. The molecule has 9 nitrogen and oxygen atoms in total. The molecule has 0 saturated heterocycles. The molecule has 3 atom stereocenters. The summed E-state index contributed by atoms with van der Waals surface area (Å²) in [5.41, 5.74) is 0. The van der Waals surface area contributed by atoms with Crippen molar-refractivity contribution in [3.8, 4) is 0 Å². The Bertz CT molecular complexity index is 1210. The van der Waals surface area contributed by atoms with Gasteiger partial charge >= 0.3 is 5.97 Å². The van der Waals surface area contributed by atoms with Gasteiger partial charge in [0.25, 0.3) is 7.82 Å². The number of unbranched alkanes of at least 4 members (excludes halogenated alkanes) is 34. The minimum absolute atomic E-state index is 0.0197. The molecule has 0 heterocycles. The molecule has 0 aromatic heterocycles. The van der Waals surface area contributed by atoms with Crippen molar-refractivity contribution < 1.29 is 37.3 Å². The van der Waals surface area contributed by atoms with Crippen LogP contribution in [-0.4, -0.2) is 69.4 Å². The summed E-state index contributed by atoms with van der Waals surface area (Å²) >= 11 is 0. The fraction of sp³-hybridized carbons (Fsp3) is 0.895. The number of rotatable bonds is 52. The molecule has 0 bridgehead atoms. The summed E-state index contributed by atoms with van der Waals surface area (Å²) in [6.07, 6.45) is 54.2. The number of allylic oxidation sites excluding steroid dienone is 3. The first kappa shape index (κ1) is 65.5. The van der Waals surface area contributed by atoms with Gasteiger partial charge in [0.2, 0.25) is 5.91 Å². The first-order chi connectivity index (χ1) is 32.4. The lowest BCUT2D eigenvalue weighted by molar-refractivity contribution is -0.870. The summed E-state index contributed by atoms with van der Waals surface area (Å²) in [7, 11) is 1.19. The van der Waals surface area contributed by atoms with Gasteiger partial charge in [-0.15, -0.1) is 0 Å². The van der Waals surface area contributed by atoms with E-state index in [4.69, 9.17) is 13.8 Å². The summed E-state index contributed by atoms with van der Waals surface area (Å²) in [5, 5.41) is 3.02. The number of hydrogen-bond donors (Lipinski definition) is 1. The third kappa shape index (κ3) is 49.3. The number of ether oxygens (including phenoxy) is 1. The summed E-state index contributed by atoms with van der Waals surface area (Å²) in [6.45, 7) is 6.85. The average Bonchev–Trinajstić information content (AvgIpc) is 3.28. The van der Waals surface area contributed by atoms with Crippen LogP contribution in [-0.2, 0) is 27.9 Å². The zero-order valence-electron chi connectivity index (χ0n) is 45.1. The maximum atomic E-state index is 13.4. The Labute approximate surface area is 415 Å². The van der Waals surface area contributed by atoms with Gasteiger partial charge in [-0.3, -0.25) is 14.2 Å². The molecule has 1 N–H and O–H groups in total. The summed E-state index contributed by atoms with van der Waals surface area (Å²) in [6, 6.07) is -0.882. The van der Waals surface area contributed by atoms with Crippen molar-refractivity contribution in [3.63, 3.8) is 0 Å². The molecule has 3 unspecified atom stereocenters. The zero-order valence-corrected chi connectivity index (χ0v) is 46.0. The van der Waals surface area contributed by atoms with E-state index in [0.717, 1.165) is 64.2 Å². The molecule has 1 amide bonds. The minimum atomic E-state index is -4.69. The normalized spacial score (nSPS) is 14.0. The number of amides is 1. The Morgan fingerprint density at radius 2 is 0.866 bits per heavy atom. The largest absolute Gasteiger partial charge is 0.756 e. The number of esters is 1. The van der Waals surface area contributed by atoms with Crippen LogP contribution in [0.25, 0.3) is 0 Å². The number of carbonyl (C=O) groups excluding carboxylic acids is 2. The first-order valence-corrected chi connectivity index (χ1v) is 30.1. The van der Waals surface area contributed by atoms with Crippen molar-refractivity contribution >= 4 is 19.7 Å². The molecule has 0 radical (unpaired) electrons. The van der Waals surface area contributed by atoms with E-state index < -0.39 is 20.0 Å². The number of likely N-dealkylation sites (N-methyl/N-ethyl adjacent to an activating group) is 1. The van der Waals surface area contributed by atoms with Crippen LogP contribution in [0.5, 0.6) is 0 Å². The van der Waals surface area contributed by atoms with Crippen molar-refractivity contribution in [1.29, 1.82) is 0 Å². The monoisotopic (exact) mass is 967 g/mol. The highest BCUT2D eigenvalue weighted by molar-refractivity contribution is 7.45. The van der Waals surface area contributed by atoms with Crippen LogP contribution >= 0.6 is 7.82 Å². The fourth-order valence-electron chi connectivity index (χ4n) is 8.40. The molecule has 0 aromatic carbocycles. The zero-order chi connectivity index (χ0) is 49.4. The highest BCUT2D eigenvalue weighted by Gasteiger charge is 2.27. The minimum Gasteiger partial charge on any atom is -0.756 e. The Kier molecular flexibility index (Phi) is 47.0. The Hall–Kier alpha value is -1.51. The second-order valence-electron chi connectivity index (χ2n) is 20.8. The van der Waals surface area contributed by atoms with Gasteiger partial charge in [-0.25, -0.2) is 0 Å². The molecule has 0 aliphatic rings. The molecule has 0 saturated carbocycles. The molecule has 0 rings (SSSR count). The topological polar surface area (TPSA) is 114 Å². The van der Waals surface area contributed by atoms with Gasteiger partial charge < -0.3 is 28.5 Å². The first-order valence-electron chi connectivity index (χ1n) is 28.6. The summed E-state index contributed by atoms with van der Waals surface area (Å²) < 4.78 is 30.2. The van der Waals surface area contributed by atoms with Crippen LogP contribution in [0.15, 0.2) is 24.3 Å². The number of carbonyl (C=O) groups is 2. The van der Waals surface area contributed by atoms with Crippen molar-refractivity contribution in [1.82, 2.24) is 5.32 Å². The fourth-order valence-corrected chi connectivity index (χ4v) is 9.12. The van der Waals surface area contributed by atoms with Gasteiger partial charge in [-0.05, 0) is 57.4 Å². The molecule has 67 heavy (non-hydrogen) atoms. The molecular formula is C57H111N2O7P. The van der Waals surface area contributed by atoms with Crippen LogP contribution in [0, 0.1) is 0 Å². The van der Waals surface area contributed by atoms with E-state index >= 15 is 0 Å². The van der Waals surface area contributed by atoms with Crippen molar-refractivity contribution in [2.24, 2.45) is 0 Å². The van der Waals surface area contributed by atoms with E-state index in [2.05, 4.69) is 38.2 Å². The average molecular weight is 967 g/mol. The second-order valence-corrected chi connectivity index (χ2v) is 22.2. The number of nitrogens with zero attached hydrogens (tertiary/aromatic N) is 1. The van der Waals surface area contributed by atoms with Crippen LogP contribution < -0.4 is 10.2 Å². The second kappa shape index (κ2) is 48.1. The molecule has 0 fully saturated rings. The van der Waals surface area contributed by atoms with E-state index in [9.17, 15) is 19.0 Å². The van der Waals surface area contributed by atoms with Gasteiger partial charge in [-0.2, -0.15) is 0 Å². The predicted molar refractivity (Wildman–Crippen MR) is 284 cm³/mol. The quantitative estimate of drug-likeness (QED) is 0.0212. The van der Waals surface area contributed by atoms with Crippen LogP contribution in [0.2, 0.25) is 0 Å². The molecule has 396 valence electrons. The van der Waals surface area contributed by atoms with Crippen molar-refractivity contribution in [2.75, 3.05) is 40.9 Å². The Morgan fingerprint density at radius 1 is 0.507 bits per heavy atom. The maximum absolute atomic E-state index is 13.4. The number of phosphoric ester groups is 1. The molecule has 10 heteroatoms. The van der Waals surface area contributed by atoms with Gasteiger partial charge in [0.05, 0.1) is 33.8 Å². The Balaban J connectivity index is 5.33. The van der Waals surface area contributed by atoms with Gasteiger partial charge in [0.1, 0.15) is 19.3 Å². The van der Waals surface area contributed by atoms with E-state index in [1.807, 2.05) is 33.3 Å². The SMILES string of the molecule is CCCCCCCC/C=C/CCCCCCCCCC(=O)OC(/C=C\CCCCCCCCCCCCC)C(COP(=O)([O-])OCC[N+](C)(C)C)NC(=O)CCCCCCCCCCCCC. The number of nitrogens with one attached hydrogen (secondary N) is 1. The van der Waals surface area contributed by atoms with E-state index in [1.54, 1.807) is 0 Å². The van der Waals surface area contributed by atoms with Gasteiger partial charge in [0.15, 0.2) is 0 Å². The molecular weight excluding hydrogens is 856 g/mol. The molecule has 0 aliphatic carbocycles. The lowest BCUT2D eigenvalue weighted by atomic mass is 10.0. The van der Waals surface area contributed by atoms with E-state index in [-0.39, 0.29) is 31.5 Å². The van der Waals surface area contributed by atoms with Crippen LogP contribution in [0.4, 0.5) is 0 Å². The summed E-state index contributed by atoms with van der Waals surface area (Å²) in [4.78, 5) is 39.8. The van der Waals surface area contributed by atoms with E-state index in [1.165, 1.54) is 180 Å². The predicted octanol–water partition coefficient (Wildman–Crippen LogP) is 16.4. The Morgan fingerprint density at radius 3 is 1.27 bits per heavy atom. The number of phosphoric acid groups is 1. The van der Waals surface area contributed by atoms with E-state index in [0.29, 0.717) is 17.4 Å². The van der Waals surface area contributed by atoms with Crippen molar-refractivity contribution in [2.45, 2.75) is 290 Å². The van der Waals surface area contributed by atoms with Gasteiger partial charge in [-0.1, -0.05) is 232 Å². The standard InChI is InChI=1S/C57H111N2O7P/c1-7-10-13-16-19-22-25-27-28-29-30-32-35-38-41-44-47-50-57(61)66-55(48-45-42-39-36-34-31-26-23-20-17-14-11-8-2)54(53-65-67(62,63)64-52-51-59(4,5)6)58-56(60)49-46-43-40-37-33-24-21-18-15-12-9-3/h27-28,45,48,54-55H,7-26,29-44,46-47,49-53H2,1-6H3,(H-,58,60,62,63)/b28-27+,48-45-. The molecule has 0 aromatic rings. The molecule has 0 aliphatic heterocycles. The highest BCUT2D eigenvalue weighted by Crippen LogP contribution is 2.38. The van der Waals surface area contributed by atoms with Gasteiger partial charge in [0, 0.05) is 12.8 Å². The lowest BCUT2D eigenvalue weighted by Crippen LogP contribution is -2.47. The molecule has 0 spiro atoms. The third-order valence-electron chi connectivity index (χ3n) is 12.9. The number of quaternary nitrogens is 1. The number of hydrogen-bond acceptors (Lipinski definition) is 7.